The predicted molar refractivity (Wildman–Crippen MR) is 162 cm³/mol. The van der Waals surface area contributed by atoms with Crippen LogP contribution in [0.5, 0.6) is 5.75 Å². The molecule has 5 rings (SSSR count). The van der Waals surface area contributed by atoms with Gasteiger partial charge in [-0.2, -0.15) is 0 Å². The van der Waals surface area contributed by atoms with E-state index < -0.39 is 0 Å². The maximum atomic E-state index is 12.0. The van der Waals surface area contributed by atoms with Gasteiger partial charge in [-0.15, -0.1) is 0 Å². The van der Waals surface area contributed by atoms with Crippen molar-refractivity contribution >= 4 is 46.5 Å². The molecule has 5 heteroatoms. The summed E-state index contributed by atoms with van der Waals surface area (Å²) in [5.74, 6) is 2.63. The molecule has 4 nitrogen and oxygen atoms in total. The van der Waals surface area contributed by atoms with Gasteiger partial charge in [0.2, 0.25) is 0 Å². The van der Waals surface area contributed by atoms with Crippen molar-refractivity contribution in [3.63, 3.8) is 0 Å². The molecule has 0 aliphatic rings. The predicted octanol–water partition coefficient (Wildman–Crippen LogP) is 8.94. The quantitative estimate of drug-likeness (QED) is 0.105. The van der Waals surface area contributed by atoms with E-state index in [0.29, 0.717) is 23.0 Å². The van der Waals surface area contributed by atoms with Gasteiger partial charge in [-0.1, -0.05) is 103 Å². The lowest BCUT2D eigenvalue weighted by Crippen LogP contribution is -2.12. The Kier molecular flexibility index (Phi) is 7.01. The highest BCUT2D eigenvalue weighted by Gasteiger charge is 2.20. The van der Waals surface area contributed by atoms with Gasteiger partial charge in [0.05, 0.1) is 4.92 Å². The Bertz CT molecular complexity index is 1640. The summed E-state index contributed by atoms with van der Waals surface area (Å²) in [5.41, 5.74) is 4.18. The highest BCUT2D eigenvalue weighted by molar-refractivity contribution is 7.48. The molecule has 0 atom stereocenters. The Balaban J connectivity index is 1.79. The number of fused-ring (bicyclic) bond motifs is 2. The van der Waals surface area contributed by atoms with E-state index in [1.807, 2.05) is 54.3 Å². The van der Waals surface area contributed by atoms with Gasteiger partial charge in [0.1, 0.15) is 5.75 Å². The number of benzene rings is 5. The Hall–Kier alpha value is -4.01. The molecule has 5 aromatic carbocycles. The largest absolute Gasteiger partial charge is 0.507 e. The first-order valence-electron chi connectivity index (χ1n) is 12.9. The summed E-state index contributed by atoms with van der Waals surface area (Å²) >= 11 is 0. The molecular weight excluding hydrogens is 489 g/mol. The van der Waals surface area contributed by atoms with Crippen LogP contribution < -0.4 is 5.30 Å². The van der Waals surface area contributed by atoms with Crippen LogP contribution in [0.4, 0.5) is 5.69 Å². The summed E-state index contributed by atoms with van der Waals surface area (Å²) in [6.07, 6.45) is 0. The van der Waals surface area contributed by atoms with E-state index >= 15 is 0 Å². The first kappa shape index (κ1) is 25.6. The molecule has 0 fully saturated rings. The molecular formula is C33H30NO3P. The molecule has 0 saturated heterocycles. The van der Waals surface area contributed by atoms with Gasteiger partial charge in [-0.05, 0) is 56.4 Å². The Morgan fingerprint density at radius 3 is 1.87 bits per heavy atom. The van der Waals surface area contributed by atoms with Gasteiger partial charge in [-0.25, -0.2) is 0 Å². The standard InChI is InChI=1S/C33H30NO3P/c1-20(2)26-14-9-15-27(21(3)4)33(26)38-19-24-17-25(34(36)37)18-30(32(24)35)31-28-12-7-5-10-22(28)16-23-11-6-8-13-29(23)31/h5-21,35H,1-4H3. The number of phenols is 1. The van der Waals surface area contributed by atoms with Crippen LogP contribution in [0.3, 0.4) is 0 Å². The van der Waals surface area contributed by atoms with Crippen molar-refractivity contribution in [1.82, 2.24) is 0 Å². The van der Waals surface area contributed by atoms with Gasteiger partial charge in [0.25, 0.3) is 5.69 Å². The van der Waals surface area contributed by atoms with E-state index in [1.54, 1.807) is 0 Å². The molecule has 0 unspecified atom stereocenters. The minimum absolute atomic E-state index is 0.0440. The summed E-state index contributed by atoms with van der Waals surface area (Å²) in [7, 11) is 0.891. The first-order valence-corrected chi connectivity index (χ1v) is 13.8. The highest BCUT2D eigenvalue weighted by Crippen LogP contribution is 2.43. The van der Waals surface area contributed by atoms with E-state index in [0.717, 1.165) is 35.3 Å². The molecule has 0 amide bonds. The number of hydrogen-bond acceptors (Lipinski definition) is 3. The maximum absolute atomic E-state index is 12.0. The lowest BCUT2D eigenvalue weighted by Gasteiger charge is -2.17. The van der Waals surface area contributed by atoms with Gasteiger partial charge in [0, 0.05) is 34.1 Å². The van der Waals surface area contributed by atoms with Crippen molar-refractivity contribution in [2.24, 2.45) is 0 Å². The van der Waals surface area contributed by atoms with Crippen LogP contribution in [0, 0.1) is 10.1 Å². The summed E-state index contributed by atoms with van der Waals surface area (Å²) in [6.45, 7) is 8.69. The molecule has 0 aromatic heterocycles. The van der Waals surface area contributed by atoms with Crippen molar-refractivity contribution < 1.29 is 10.0 Å². The van der Waals surface area contributed by atoms with E-state index in [-0.39, 0.29) is 16.4 Å². The van der Waals surface area contributed by atoms with Crippen LogP contribution >= 0.6 is 8.20 Å². The fourth-order valence-corrected chi connectivity index (χ4v) is 6.56. The topological polar surface area (TPSA) is 63.4 Å². The number of hydrogen-bond donors (Lipinski definition) is 1. The maximum Gasteiger partial charge on any atom is 0.270 e. The number of nitro benzene ring substituents is 1. The van der Waals surface area contributed by atoms with Crippen molar-refractivity contribution in [2.45, 2.75) is 39.5 Å². The zero-order chi connectivity index (χ0) is 27.0. The fraction of sp³-hybridized carbons (Fsp3) is 0.182. The van der Waals surface area contributed by atoms with Gasteiger partial charge < -0.3 is 5.11 Å². The first-order chi connectivity index (χ1) is 18.3. The van der Waals surface area contributed by atoms with Crippen molar-refractivity contribution in [1.29, 1.82) is 0 Å². The van der Waals surface area contributed by atoms with Crippen molar-refractivity contribution in [3.05, 3.63) is 112 Å². The van der Waals surface area contributed by atoms with Crippen LogP contribution in [0.2, 0.25) is 0 Å². The third-order valence-electron chi connectivity index (χ3n) is 7.05. The number of non-ortho nitro benzene ring substituents is 1. The van der Waals surface area contributed by atoms with E-state index in [9.17, 15) is 15.2 Å². The van der Waals surface area contributed by atoms with Crippen LogP contribution in [-0.2, 0) is 0 Å². The monoisotopic (exact) mass is 519 g/mol. The minimum Gasteiger partial charge on any atom is -0.507 e. The van der Waals surface area contributed by atoms with Gasteiger partial charge in [0.15, 0.2) is 0 Å². The number of aromatic hydroxyl groups is 1. The molecule has 38 heavy (non-hydrogen) atoms. The Morgan fingerprint density at radius 1 is 0.789 bits per heavy atom. The van der Waals surface area contributed by atoms with E-state index in [2.05, 4.69) is 52.0 Å². The molecule has 5 aromatic rings. The zero-order valence-electron chi connectivity index (χ0n) is 22.0. The van der Waals surface area contributed by atoms with Gasteiger partial charge >= 0.3 is 0 Å². The Morgan fingerprint density at radius 2 is 1.34 bits per heavy atom. The average molecular weight is 520 g/mol. The van der Waals surface area contributed by atoms with E-state index in [4.69, 9.17) is 0 Å². The second-order valence-corrected chi connectivity index (χ2v) is 11.2. The smallest absolute Gasteiger partial charge is 0.270 e. The molecule has 0 heterocycles. The van der Waals surface area contributed by atoms with Crippen LogP contribution in [0.1, 0.15) is 56.2 Å². The average Bonchev–Trinajstić information content (AvgIpc) is 2.90. The SMILES string of the molecule is CC(C)c1cccc(C(C)C)c1P=Cc1cc([N+](=O)[O-])cc(-c2c3ccccc3cc3ccccc23)c1O. The summed E-state index contributed by atoms with van der Waals surface area (Å²) in [4.78, 5) is 11.7. The molecule has 190 valence electrons. The van der Waals surface area contributed by atoms with Crippen LogP contribution in [0.25, 0.3) is 32.7 Å². The second kappa shape index (κ2) is 10.4. The molecule has 1 N–H and O–H groups in total. The molecule has 0 bridgehead atoms. The molecule has 0 radical (unpaired) electrons. The lowest BCUT2D eigenvalue weighted by molar-refractivity contribution is -0.384. The van der Waals surface area contributed by atoms with Crippen molar-refractivity contribution in [3.8, 4) is 16.9 Å². The normalized spacial score (nSPS) is 11.8. The molecule has 0 saturated carbocycles. The van der Waals surface area contributed by atoms with Crippen LogP contribution in [-0.4, -0.2) is 15.8 Å². The number of nitro groups is 1. The van der Waals surface area contributed by atoms with E-state index in [1.165, 1.54) is 28.6 Å². The third-order valence-corrected chi connectivity index (χ3v) is 8.23. The number of rotatable bonds is 6. The fourth-order valence-electron chi connectivity index (χ4n) is 5.13. The molecule has 0 spiro atoms. The number of nitrogens with zero attached hydrogens (tertiary/aromatic N) is 1. The summed E-state index contributed by atoms with van der Waals surface area (Å²) in [5, 5.41) is 28.8. The van der Waals surface area contributed by atoms with Crippen LogP contribution in [0.15, 0.2) is 84.9 Å². The zero-order valence-corrected chi connectivity index (χ0v) is 22.9. The second-order valence-electron chi connectivity index (χ2n) is 10.2. The molecule has 0 aliphatic heterocycles. The molecule has 0 aliphatic carbocycles. The van der Waals surface area contributed by atoms with Crippen molar-refractivity contribution in [2.75, 3.05) is 0 Å². The Labute approximate surface area is 224 Å². The highest BCUT2D eigenvalue weighted by atomic mass is 31.1. The van der Waals surface area contributed by atoms with Gasteiger partial charge in [-0.3, -0.25) is 10.1 Å². The minimum atomic E-state index is -0.383. The number of phenolic OH excluding ortho intramolecular Hbond substituents is 1. The summed E-state index contributed by atoms with van der Waals surface area (Å²) in [6, 6.07) is 27.4. The third kappa shape index (κ3) is 4.68. The lowest BCUT2D eigenvalue weighted by atomic mass is 9.90. The summed E-state index contributed by atoms with van der Waals surface area (Å²) < 4.78 is 0.